The summed E-state index contributed by atoms with van der Waals surface area (Å²) >= 11 is 1.27. The van der Waals surface area contributed by atoms with Crippen LogP contribution < -0.4 is 5.73 Å². The van der Waals surface area contributed by atoms with Crippen LogP contribution in [-0.4, -0.2) is 10.8 Å². The molecule has 0 radical (unpaired) electrons. The first kappa shape index (κ1) is 9.19. The van der Waals surface area contributed by atoms with Crippen molar-refractivity contribution in [1.29, 1.82) is 0 Å². The molecule has 0 fully saturated rings. The van der Waals surface area contributed by atoms with Gasteiger partial charge in [-0.25, -0.2) is 4.98 Å². The highest BCUT2D eigenvalue weighted by atomic mass is 32.1. The Bertz CT molecular complexity index is 304. The molecule has 0 aliphatic heterocycles. The van der Waals surface area contributed by atoms with Crippen molar-refractivity contribution in [2.24, 2.45) is 5.92 Å². The van der Waals surface area contributed by atoms with Crippen LogP contribution in [0.2, 0.25) is 0 Å². The van der Waals surface area contributed by atoms with Gasteiger partial charge in [0.2, 0.25) is 0 Å². The lowest BCUT2D eigenvalue weighted by molar-refractivity contribution is 0.0942. The molecule has 66 valence electrons. The van der Waals surface area contributed by atoms with Gasteiger partial charge in [-0.1, -0.05) is 25.2 Å². The van der Waals surface area contributed by atoms with Crippen LogP contribution in [0.25, 0.3) is 0 Å². The topological polar surface area (TPSA) is 56.0 Å². The molecule has 1 heterocycles. The van der Waals surface area contributed by atoms with Crippen molar-refractivity contribution in [1.82, 2.24) is 4.98 Å². The van der Waals surface area contributed by atoms with Crippen LogP contribution in [0, 0.1) is 12.8 Å². The number of Topliss-reactive ketones (excluding diaryl/α,β-unsaturated/α-hetero) is 1. The summed E-state index contributed by atoms with van der Waals surface area (Å²) in [6.45, 7) is 5.55. The third kappa shape index (κ3) is 1.64. The fourth-order valence-electron chi connectivity index (χ4n) is 0.908. The van der Waals surface area contributed by atoms with E-state index in [0.29, 0.717) is 10.0 Å². The molecule has 3 nitrogen and oxygen atoms in total. The van der Waals surface area contributed by atoms with Crippen molar-refractivity contribution in [2.45, 2.75) is 20.8 Å². The summed E-state index contributed by atoms with van der Waals surface area (Å²) < 4.78 is 0. The van der Waals surface area contributed by atoms with Crippen molar-refractivity contribution in [3.63, 3.8) is 0 Å². The Morgan fingerprint density at radius 3 is 2.50 bits per heavy atom. The zero-order valence-electron chi connectivity index (χ0n) is 7.42. The molecule has 12 heavy (non-hydrogen) atoms. The monoisotopic (exact) mass is 184 g/mol. The van der Waals surface area contributed by atoms with E-state index in [1.807, 2.05) is 20.8 Å². The number of carbonyl (C=O) groups is 1. The summed E-state index contributed by atoms with van der Waals surface area (Å²) in [4.78, 5) is 16.2. The standard InChI is InChI=1S/C8H12N2OS/c1-4(2)6(11)7-5(3)10-8(9)12-7/h4H,1-3H3,(H2,9,10). The number of hydrogen-bond donors (Lipinski definition) is 1. The number of aromatic nitrogens is 1. The summed E-state index contributed by atoms with van der Waals surface area (Å²) in [7, 11) is 0. The summed E-state index contributed by atoms with van der Waals surface area (Å²) in [6.07, 6.45) is 0. The van der Waals surface area contributed by atoms with Gasteiger partial charge in [-0.05, 0) is 6.92 Å². The molecule has 0 aliphatic carbocycles. The third-order valence-corrected chi connectivity index (χ3v) is 2.56. The van der Waals surface area contributed by atoms with E-state index < -0.39 is 0 Å². The van der Waals surface area contributed by atoms with E-state index >= 15 is 0 Å². The predicted octanol–water partition coefficient (Wildman–Crippen LogP) is 1.87. The first-order valence-corrected chi connectivity index (χ1v) is 4.61. The summed E-state index contributed by atoms with van der Waals surface area (Å²) in [5.41, 5.74) is 6.22. The van der Waals surface area contributed by atoms with Gasteiger partial charge in [0.15, 0.2) is 10.9 Å². The minimum Gasteiger partial charge on any atom is -0.375 e. The molecular weight excluding hydrogens is 172 g/mol. The predicted molar refractivity (Wildman–Crippen MR) is 50.4 cm³/mol. The molecule has 1 aromatic rings. The largest absolute Gasteiger partial charge is 0.375 e. The SMILES string of the molecule is Cc1nc(N)sc1C(=O)C(C)C. The molecule has 0 saturated carbocycles. The van der Waals surface area contributed by atoms with Gasteiger partial charge in [0, 0.05) is 5.92 Å². The molecule has 0 unspecified atom stereocenters. The first-order valence-electron chi connectivity index (χ1n) is 3.79. The number of anilines is 1. The molecule has 0 atom stereocenters. The quantitative estimate of drug-likeness (QED) is 0.714. The second-order valence-corrected chi connectivity index (χ2v) is 4.02. The number of hydrogen-bond acceptors (Lipinski definition) is 4. The number of thiazole rings is 1. The summed E-state index contributed by atoms with van der Waals surface area (Å²) in [5, 5.41) is 0.469. The minimum atomic E-state index is 0.0172. The van der Waals surface area contributed by atoms with Crippen LogP contribution in [0.1, 0.15) is 29.2 Å². The molecule has 0 aliphatic rings. The second-order valence-electron chi connectivity index (χ2n) is 2.99. The number of rotatable bonds is 2. The molecule has 0 aromatic carbocycles. The smallest absolute Gasteiger partial charge is 0.180 e. The van der Waals surface area contributed by atoms with Gasteiger partial charge in [-0.15, -0.1) is 0 Å². The van der Waals surface area contributed by atoms with Gasteiger partial charge in [0.1, 0.15) is 0 Å². The normalized spacial score (nSPS) is 10.7. The molecule has 2 N–H and O–H groups in total. The number of nitrogen functional groups attached to an aromatic ring is 1. The van der Waals surface area contributed by atoms with Gasteiger partial charge in [0.25, 0.3) is 0 Å². The average molecular weight is 184 g/mol. The molecule has 0 saturated heterocycles. The van der Waals surface area contributed by atoms with Gasteiger partial charge in [0.05, 0.1) is 10.6 Å². The molecule has 0 spiro atoms. The number of nitrogens with two attached hydrogens (primary N) is 1. The molecule has 4 heteroatoms. The molecule has 0 bridgehead atoms. The van der Waals surface area contributed by atoms with Gasteiger partial charge in [-0.3, -0.25) is 4.79 Å². The lowest BCUT2D eigenvalue weighted by Crippen LogP contribution is -2.06. The van der Waals surface area contributed by atoms with Crippen molar-refractivity contribution < 1.29 is 4.79 Å². The van der Waals surface area contributed by atoms with Crippen LogP contribution in [0.5, 0.6) is 0 Å². The van der Waals surface area contributed by atoms with Gasteiger partial charge in [-0.2, -0.15) is 0 Å². The summed E-state index contributed by atoms with van der Waals surface area (Å²) in [6, 6.07) is 0. The molecule has 1 rings (SSSR count). The Labute approximate surface area is 75.6 Å². The van der Waals surface area contributed by atoms with Crippen LogP contribution >= 0.6 is 11.3 Å². The van der Waals surface area contributed by atoms with E-state index in [1.165, 1.54) is 11.3 Å². The van der Waals surface area contributed by atoms with Crippen LogP contribution in [0.3, 0.4) is 0 Å². The van der Waals surface area contributed by atoms with E-state index in [9.17, 15) is 4.79 Å². The zero-order chi connectivity index (χ0) is 9.30. The van der Waals surface area contributed by atoms with Crippen molar-refractivity contribution in [3.05, 3.63) is 10.6 Å². The van der Waals surface area contributed by atoms with E-state index in [1.54, 1.807) is 0 Å². The highest BCUT2D eigenvalue weighted by molar-refractivity contribution is 7.17. The fourth-order valence-corrected chi connectivity index (χ4v) is 1.83. The maximum absolute atomic E-state index is 11.5. The van der Waals surface area contributed by atoms with Crippen molar-refractivity contribution in [2.75, 3.05) is 5.73 Å². The second kappa shape index (κ2) is 3.23. The highest BCUT2D eigenvalue weighted by Gasteiger charge is 2.16. The average Bonchev–Trinajstić information content (AvgIpc) is 2.28. The van der Waals surface area contributed by atoms with E-state index in [4.69, 9.17) is 5.73 Å². The zero-order valence-corrected chi connectivity index (χ0v) is 8.23. The number of aryl methyl sites for hydroxylation is 1. The maximum atomic E-state index is 11.5. The van der Waals surface area contributed by atoms with Crippen LogP contribution in [0.15, 0.2) is 0 Å². The van der Waals surface area contributed by atoms with Crippen molar-refractivity contribution in [3.8, 4) is 0 Å². The van der Waals surface area contributed by atoms with Crippen molar-refractivity contribution >= 4 is 22.3 Å². The van der Waals surface area contributed by atoms with E-state index in [-0.39, 0.29) is 11.7 Å². The lowest BCUT2D eigenvalue weighted by Gasteiger charge is -1.99. The molecule has 0 amide bonds. The lowest BCUT2D eigenvalue weighted by atomic mass is 10.1. The fraction of sp³-hybridized carbons (Fsp3) is 0.500. The van der Waals surface area contributed by atoms with Gasteiger partial charge >= 0.3 is 0 Å². The first-order chi connectivity index (χ1) is 5.52. The maximum Gasteiger partial charge on any atom is 0.180 e. The number of nitrogens with zero attached hydrogens (tertiary/aromatic N) is 1. The van der Waals surface area contributed by atoms with Gasteiger partial charge < -0.3 is 5.73 Å². The van der Waals surface area contributed by atoms with E-state index in [0.717, 1.165) is 5.69 Å². The minimum absolute atomic E-state index is 0.0172. The Morgan fingerprint density at radius 2 is 2.17 bits per heavy atom. The van der Waals surface area contributed by atoms with E-state index in [2.05, 4.69) is 4.98 Å². The third-order valence-electron chi connectivity index (χ3n) is 1.56. The van der Waals surface area contributed by atoms with Crippen LogP contribution in [0.4, 0.5) is 5.13 Å². The Balaban J connectivity index is 3.02. The highest BCUT2D eigenvalue weighted by Crippen LogP contribution is 2.22. The van der Waals surface area contributed by atoms with Crippen LogP contribution in [-0.2, 0) is 0 Å². The Morgan fingerprint density at radius 1 is 1.58 bits per heavy atom. The Hall–Kier alpha value is -0.900. The number of carbonyl (C=O) groups excluding carboxylic acids is 1. The molecular formula is C8H12N2OS. The molecule has 1 aromatic heterocycles. The summed E-state index contributed by atoms with van der Waals surface area (Å²) in [5.74, 6) is 0.144. The number of ketones is 1. The Kier molecular flexibility index (Phi) is 2.47.